The van der Waals surface area contributed by atoms with Gasteiger partial charge in [0.1, 0.15) is 30.1 Å². The van der Waals surface area contributed by atoms with Crippen molar-refractivity contribution in [3.05, 3.63) is 71.5 Å². The lowest BCUT2D eigenvalue weighted by molar-refractivity contribution is -0.125. The summed E-state index contributed by atoms with van der Waals surface area (Å²) in [4.78, 5) is 41.7. The summed E-state index contributed by atoms with van der Waals surface area (Å²) in [7, 11) is 0. The Morgan fingerprint density at radius 1 is 1.15 bits per heavy atom. The topological polar surface area (TPSA) is 141 Å². The molecule has 0 saturated heterocycles. The zero-order chi connectivity index (χ0) is 27.4. The summed E-state index contributed by atoms with van der Waals surface area (Å²) in [6.07, 6.45) is 2.81. The van der Waals surface area contributed by atoms with Crippen LogP contribution < -0.4 is 25.6 Å². The molecule has 11 nitrogen and oxygen atoms in total. The zero-order valence-electron chi connectivity index (χ0n) is 22.0. The van der Waals surface area contributed by atoms with Gasteiger partial charge < -0.3 is 25.6 Å². The first-order valence-corrected chi connectivity index (χ1v) is 13.2. The number of nitrogens with zero attached hydrogens (tertiary/aromatic N) is 3. The van der Waals surface area contributed by atoms with Gasteiger partial charge in [0.2, 0.25) is 11.8 Å². The number of benzene rings is 2. The van der Waals surface area contributed by atoms with Crippen LogP contribution in [0.25, 0.3) is 0 Å². The molecule has 3 aromatic rings. The Hall–Kier alpha value is -4.41. The van der Waals surface area contributed by atoms with Crippen molar-refractivity contribution in [2.45, 2.75) is 51.4 Å². The van der Waals surface area contributed by atoms with Crippen LogP contribution in [0.3, 0.4) is 0 Å². The smallest absolute Gasteiger partial charge is 0.251 e. The van der Waals surface area contributed by atoms with Gasteiger partial charge in [-0.2, -0.15) is 15.4 Å². The minimum Gasteiger partial charge on any atom is -0.489 e. The fraction of sp³-hybridized carbons (Fsp3) is 0.393. The highest BCUT2D eigenvalue weighted by Gasteiger charge is 2.40. The van der Waals surface area contributed by atoms with E-state index in [1.54, 1.807) is 30.5 Å². The Balaban J connectivity index is 1.30. The molecule has 0 radical (unpaired) electrons. The molecule has 0 unspecified atom stereocenters. The van der Waals surface area contributed by atoms with E-state index < -0.39 is 18.1 Å². The van der Waals surface area contributed by atoms with Crippen LogP contribution in [0.5, 0.6) is 5.75 Å². The molecule has 2 aliphatic heterocycles. The summed E-state index contributed by atoms with van der Waals surface area (Å²) >= 11 is 0. The third kappa shape index (κ3) is 5.71. The van der Waals surface area contributed by atoms with Crippen LogP contribution in [0.2, 0.25) is 0 Å². The van der Waals surface area contributed by atoms with Crippen molar-refractivity contribution in [3.63, 3.8) is 0 Å². The highest BCUT2D eigenvalue weighted by atomic mass is 16.5. The van der Waals surface area contributed by atoms with E-state index in [0.29, 0.717) is 36.4 Å². The standard InChI is InChI=1S/C28H33N7O4/c1-3-17(2)24(32-26(36)18-8-5-4-6-9-18)28(38)31-21-15-35-22(27(37)29-13-20-14-30-34-33-20)12-19-10-7-11-23(25(19)35)39-16-21/h4-11,14,17,21-22,24H,3,12-13,15-16H2,1-2H3,(H,29,37)(H,31,38)(H,32,36)(H,30,33,34)/t17-,21+,22+,24-/m0/s1. The summed E-state index contributed by atoms with van der Waals surface area (Å²) in [6, 6.07) is 13.1. The molecule has 2 aromatic carbocycles. The maximum atomic E-state index is 13.5. The summed E-state index contributed by atoms with van der Waals surface area (Å²) < 4.78 is 6.12. The van der Waals surface area contributed by atoms with E-state index in [4.69, 9.17) is 4.74 Å². The number of hydrogen-bond acceptors (Lipinski definition) is 7. The molecule has 0 fully saturated rings. The third-order valence-electron chi connectivity index (χ3n) is 7.39. The second-order valence-corrected chi connectivity index (χ2v) is 10.0. The van der Waals surface area contributed by atoms with E-state index in [9.17, 15) is 14.4 Å². The predicted molar refractivity (Wildman–Crippen MR) is 144 cm³/mol. The minimum absolute atomic E-state index is 0.0880. The molecule has 0 spiro atoms. The fourth-order valence-corrected chi connectivity index (χ4v) is 5.08. The van der Waals surface area contributed by atoms with Crippen LogP contribution in [-0.4, -0.2) is 64.4 Å². The van der Waals surface area contributed by atoms with Crippen LogP contribution in [0.4, 0.5) is 5.69 Å². The highest BCUT2D eigenvalue weighted by Crippen LogP contribution is 2.41. The normalized spacial score (nSPS) is 19.2. The molecule has 11 heteroatoms. The van der Waals surface area contributed by atoms with Gasteiger partial charge in [-0.15, -0.1) is 0 Å². The first-order valence-electron chi connectivity index (χ1n) is 13.2. The fourth-order valence-electron chi connectivity index (χ4n) is 5.08. The van der Waals surface area contributed by atoms with E-state index in [1.807, 2.05) is 43.0 Å². The number of para-hydroxylation sites is 1. The lowest BCUT2D eigenvalue weighted by Gasteiger charge is -2.30. The molecule has 39 heavy (non-hydrogen) atoms. The summed E-state index contributed by atoms with van der Waals surface area (Å²) in [6.45, 7) is 4.82. The van der Waals surface area contributed by atoms with Crippen LogP contribution >= 0.6 is 0 Å². The van der Waals surface area contributed by atoms with Gasteiger partial charge >= 0.3 is 0 Å². The molecule has 4 atom stereocenters. The third-order valence-corrected chi connectivity index (χ3v) is 7.39. The Morgan fingerprint density at radius 2 is 1.97 bits per heavy atom. The number of H-pyrrole nitrogens is 1. The predicted octanol–water partition coefficient (Wildman–Crippen LogP) is 1.57. The number of rotatable bonds is 9. The zero-order valence-corrected chi connectivity index (χ0v) is 22.0. The molecule has 5 rings (SSSR count). The molecule has 0 saturated carbocycles. The molecular weight excluding hydrogens is 498 g/mol. The Labute approximate surface area is 226 Å². The number of carbonyl (C=O) groups excluding carboxylic acids is 3. The monoisotopic (exact) mass is 531 g/mol. The first-order chi connectivity index (χ1) is 18.9. The lowest BCUT2D eigenvalue weighted by atomic mass is 9.97. The van der Waals surface area contributed by atoms with Gasteiger partial charge in [0.05, 0.1) is 24.5 Å². The molecule has 0 aliphatic carbocycles. The average molecular weight is 532 g/mol. The number of aromatic amines is 1. The summed E-state index contributed by atoms with van der Waals surface area (Å²) in [5.74, 6) is -0.116. The van der Waals surface area contributed by atoms with Gasteiger partial charge in [-0.3, -0.25) is 14.4 Å². The molecule has 3 amide bonds. The highest BCUT2D eigenvalue weighted by molar-refractivity contribution is 5.97. The second kappa shape index (κ2) is 11.5. The lowest BCUT2D eigenvalue weighted by Crippen LogP contribution is -2.56. The van der Waals surface area contributed by atoms with Crippen molar-refractivity contribution in [2.75, 3.05) is 18.1 Å². The molecule has 1 aromatic heterocycles. The Kier molecular flexibility index (Phi) is 7.76. The van der Waals surface area contributed by atoms with Gasteiger partial charge in [0.15, 0.2) is 0 Å². The molecule has 2 aliphatic rings. The summed E-state index contributed by atoms with van der Waals surface area (Å²) in [5, 5.41) is 19.3. The van der Waals surface area contributed by atoms with E-state index in [2.05, 4.69) is 31.4 Å². The minimum atomic E-state index is -0.718. The summed E-state index contributed by atoms with van der Waals surface area (Å²) in [5.41, 5.74) is 3.04. The molecule has 3 heterocycles. The van der Waals surface area contributed by atoms with Crippen molar-refractivity contribution < 1.29 is 19.1 Å². The van der Waals surface area contributed by atoms with Crippen LogP contribution in [0, 0.1) is 5.92 Å². The first kappa shape index (κ1) is 26.2. The average Bonchev–Trinajstić information content (AvgIpc) is 3.57. The van der Waals surface area contributed by atoms with Gasteiger partial charge in [0, 0.05) is 18.5 Å². The van der Waals surface area contributed by atoms with Gasteiger partial charge in [-0.1, -0.05) is 50.6 Å². The van der Waals surface area contributed by atoms with Crippen LogP contribution in [0.15, 0.2) is 54.7 Å². The van der Waals surface area contributed by atoms with E-state index in [1.165, 1.54) is 0 Å². The van der Waals surface area contributed by atoms with E-state index in [-0.39, 0.29) is 36.8 Å². The largest absolute Gasteiger partial charge is 0.489 e. The molecule has 4 N–H and O–H groups in total. The number of ether oxygens (including phenoxy) is 1. The Morgan fingerprint density at radius 3 is 2.72 bits per heavy atom. The number of hydrogen-bond donors (Lipinski definition) is 4. The van der Waals surface area contributed by atoms with E-state index in [0.717, 1.165) is 11.3 Å². The number of carbonyl (C=O) groups is 3. The van der Waals surface area contributed by atoms with Gasteiger partial charge in [-0.05, 0) is 29.7 Å². The maximum absolute atomic E-state index is 13.5. The second-order valence-electron chi connectivity index (χ2n) is 10.0. The van der Waals surface area contributed by atoms with Crippen molar-refractivity contribution in [1.29, 1.82) is 0 Å². The van der Waals surface area contributed by atoms with Crippen molar-refractivity contribution in [1.82, 2.24) is 31.4 Å². The van der Waals surface area contributed by atoms with E-state index >= 15 is 0 Å². The number of amides is 3. The number of nitrogens with one attached hydrogen (secondary N) is 4. The quantitative estimate of drug-likeness (QED) is 0.328. The maximum Gasteiger partial charge on any atom is 0.251 e. The van der Waals surface area contributed by atoms with Crippen molar-refractivity contribution >= 4 is 23.4 Å². The molecule has 204 valence electrons. The van der Waals surface area contributed by atoms with Gasteiger partial charge in [-0.25, -0.2) is 0 Å². The SMILES string of the molecule is CC[C@H](C)[C@H](NC(=O)c1ccccc1)C(=O)N[C@H]1COc2cccc3c2N(C1)[C@@H](C(=O)NCc1cn[nH]n1)C3. The van der Waals surface area contributed by atoms with Crippen LogP contribution in [-0.2, 0) is 22.6 Å². The van der Waals surface area contributed by atoms with Crippen molar-refractivity contribution in [2.24, 2.45) is 5.92 Å². The Bertz CT molecular complexity index is 1310. The van der Waals surface area contributed by atoms with Crippen LogP contribution in [0.1, 0.15) is 41.9 Å². The van der Waals surface area contributed by atoms with Gasteiger partial charge in [0.25, 0.3) is 5.91 Å². The number of aromatic nitrogens is 3. The molecular formula is C28H33N7O4. The van der Waals surface area contributed by atoms with Crippen molar-refractivity contribution in [3.8, 4) is 5.75 Å². The number of anilines is 1. The molecule has 0 bridgehead atoms.